The molecule has 0 aliphatic carbocycles. The minimum Gasteiger partial charge on any atom is -0.508 e. The van der Waals surface area contributed by atoms with Gasteiger partial charge in [-0.15, -0.1) is 0 Å². The second-order valence-corrected chi connectivity index (χ2v) is 4.87. The third kappa shape index (κ3) is 2.96. The van der Waals surface area contributed by atoms with Crippen molar-refractivity contribution in [3.05, 3.63) is 58.1 Å². The zero-order chi connectivity index (χ0) is 13.1. The SMILES string of the molecule is Cc1cc(C)cc(NCc2c(O)cccc2Cl)c1. The fourth-order valence-electron chi connectivity index (χ4n) is 1.99. The summed E-state index contributed by atoms with van der Waals surface area (Å²) in [6, 6.07) is 11.4. The molecule has 2 aromatic rings. The number of hydrogen-bond donors (Lipinski definition) is 2. The van der Waals surface area contributed by atoms with Gasteiger partial charge in [-0.25, -0.2) is 0 Å². The number of aryl methyl sites for hydroxylation is 2. The van der Waals surface area contributed by atoms with Crippen molar-refractivity contribution in [2.45, 2.75) is 20.4 Å². The smallest absolute Gasteiger partial charge is 0.122 e. The Morgan fingerprint density at radius 2 is 1.78 bits per heavy atom. The third-order valence-electron chi connectivity index (χ3n) is 2.79. The maximum absolute atomic E-state index is 9.75. The van der Waals surface area contributed by atoms with Crippen LogP contribution in [-0.4, -0.2) is 5.11 Å². The lowest BCUT2D eigenvalue weighted by molar-refractivity contribution is 0.469. The fraction of sp³-hybridized carbons (Fsp3) is 0.200. The van der Waals surface area contributed by atoms with Crippen molar-refractivity contribution in [3.63, 3.8) is 0 Å². The van der Waals surface area contributed by atoms with Crippen molar-refractivity contribution < 1.29 is 5.11 Å². The number of anilines is 1. The van der Waals surface area contributed by atoms with Crippen LogP contribution in [0.1, 0.15) is 16.7 Å². The molecular formula is C15H16ClNO. The summed E-state index contributed by atoms with van der Waals surface area (Å²) in [4.78, 5) is 0. The summed E-state index contributed by atoms with van der Waals surface area (Å²) < 4.78 is 0. The number of rotatable bonds is 3. The van der Waals surface area contributed by atoms with Gasteiger partial charge < -0.3 is 10.4 Å². The van der Waals surface area contributed by atoms with Crippen LogP contribution in [-0.2, 0) is 6.54 Å². The van der Waals surface area contributed by atoms with Gasteiger partial charge in [0.1, 0.15) is 5.75 Å². The highest BCUT2D eigenvalue weighted by atomic mass is 35.5. The van der Waals surface area contributed by atoms with E-state index >= 15 is 0 Å². The molecule has 0 fully saturated rings. The van der Waals surface area contributed by atoms with Crippen LogP contribution in [0.5, 0.6) is 5.75 Å². The average Bonchev–Trinajstić information content (AvgIpc) is 2.27. The van der Waals surface area contributed by atoms with E-state index in [1.54, 1.807) is 18.2 Å². The minimum absolute atomic E-state index is 0.222. The van der Waals surface area contributed by atoms with Crippen molar-refractivity contribution in [1.29, 1.82) is 0 Å². The number of nitrogens with one attached hydrogen (secondary N) is 1. The Morgan fingerprint density at radius 1 is 1.11 bits per heavy atom. The average molecular weight is 262 g/mol. The van der Waals surface area contributed by atoms with Crippen molar-refractivity contribution >= 4 is 17.3 Å². The zero-order valence-electron chi connectivity index (χ0n) is 10.5. The molecule has 18 heavy (non-hydrogen) atoms. The van der Waals surface area contributed by atoms with E-state index in [0.29, 0.717) is 11.6 Å². The molecule has 94 valence electrons. The van der Waals surface area contributed by atoms with E-state index in [1.165, 1.54) is 11.1 Å². The summed E-state index contributed by atoms with van der Waals surface area (Å²) in [5.41, 5.74) is 4.17. The van der Waals surface area contributed by atoms with Crippen LogP contribution in [0.3, 0.4) is 0 Å². The quantitative estimate of drug-likeness (QED) is 0.865. The van der Waals surface area contributed by atoms with E-state index < -0.39 is 0 Å². The van der Waals surface area contributed by atoms with E-state index in [2.05, 4.69) is 37.4 Å². The van der Waals surface area contributed by atoms with Crippen molar-refractivity contribution in [3.8, 4) is 5.75 Å². The van der Waals surface area contributed by atoms with Crippen LogP contribution in [0, 0.1) is 13.8 Å². The Kier molecular flexibility index (Phi) is 3.78. The summed E-state index contributed by atoms with van der Waals surface area (Å²) >= 11 is 6.06. The van der Waals surface area contributed by atoms with E-state index in [-0.39, 0.29) is 5.75 Å². The molecule has 0 heterocycles. The Labute approximate surface area is 112 Å². The Hall–Kier alpha value is -1.67. The number of benzene rings is 2. The standard InChI is InChI=1S/C15H16ClNO/c1-10-6-11(2)8-12(7-10)17-9-13-14(16)4-3-5-15(13)18/h3-8,17-18H,9H2,1-2H3. The first kappa shape index (κ1) is 12.8. The maximum Gasteiger partial charge on any atom is 0.122 e. The molecule has 0 bridgehead atoms. The molecule has 0 unspecified atom stereocenters. The van der Waals surface area contributed by atoms with Crippen LogP contribution >= 0.6 is 11.6 Å². The van der Waals surface area contributed by atoms with Crippen LogP contribution in [0.2, 0.25) is 5.02 Å². The number of phenolic OH excluding ortho intramolecular Hbond substituents is 1. The van der Waals surface area contributed by atoms with Gasteiger partial charge in [0.25, 0.3) is 0 Å². The second-order valence-electron chi connectivity index (χ2n) is 4.47. The molecule has 0 aliphatic heterocycles. The van der Waals surface area contributed by atoms with Crippen molar-refractivity contribution in [1.82, 2.24) is 0 Å². The zero-order valence-corrected chi connectivity index (χ0v) is 11.3. The fourth-order valence-corrected chi connectivity index (χ4v) is 2.23. The summed E-state index contributed by atoms with van der Waals surface area (Å²) in [5, 5.41) is 13.6. The van der Waals surface area contributed by atoms with Crippen molar-refractivity contribution in [2.24, 2.45) is 0 Å². The van der Waals surface area contributed by atoms with Gasteiger partial charge >= 0.3 is 0 Å². The molecular weight excluding hydrogens is 246 g/mol. The number of halogens is 1. The lowest BCUT2D eigenvalue weighted by Gasteiger charge is -2.11. The lowest BCUT2D eigenvalue weighted by atomic mass is 10.1. The van der Waals surface area contributed by atoms with E-state index in [1.807, 2.05) is 0 Å². The van der Waals surface area contributed by atoms with Crippen LogP contribution < -0.4 is 5.32 Å². The van der Waals surface area contributed by atoms with E-state index in [4.69, 9.17) is 11.6 Å². The van der Waals surface area contributed by atoms with Gasteiger partial charge in [0, 0.05) is 22.8 Å². The van der Waals surface area contributed by atoms with E-state index in [9.17, 15) is 5.11 Å². The van der Waals surface area contributed by atoms with Crippen LogP contribution in [0.25, 0.3) is 0 Å². The highest BCUT2D eigenvalue weighted by Gasteiger charge is 2.05. The molecule has 2 aromatic carbocycles. The van der Waals surface area contributed by atoms with Gasteiger partial charge in [0.05, 0.1) is 0 Å². The largest absolute Gasteiger partial charge is 0.508 e. The molecule has 0 saturated carbocycles. The first-order valence-corrected chi connectivity index (χ1v) is 6.22. The molecule has 2 rings (SSSR count). The van der Waals surface area contributed by atoms with Gasteiger partial charge in [-0.1, -0.05) is 23.7 Å². The summed E-state index contributed by atoms with van der Waals surface area (Å²) in [6.07, 6.45) is 0. The highest BCUT2D eigenvalue weighted by molar-refractivity contribution is 6.31. The molecule has 2 N–H and O–H groups in total. The summed E-state index contributed by atoms with van der Waals surface area (Å²) in [7, 11) is 0. The molecule has 0 saturated heterocycles. The Morgan fingerprint density at radius 3 is 2.39 bits per heavy atom. The molecule has 0 aromatic heterocycles. The number of hydrogen-bond acceptors (Lipinski definition) is 2. The third-order valence-corrected chi connectivity index (χ3v) is 3.14. The molecule has 3 heteroatoms. The maximum atomic E-state index is 9.75. The molecule has 0 radical (unpaired) electrons. The predicted octanol–water partition coefficient (Wildman–Crippen LogP) is 4.27. The second kappa shape index (κ2) is 5.32. The normalized spacial score (nSPS) is 10.4. The molecule has 0 atom stereocenters. The number of aromatic hydroxyl groups is 1. The van der Waals surface area contributed by atoms with Gasteiger partial charge in [-0.3, -0.25) is 0 Å². The van der Waals surface area contributed by atoms with E-state index in [0.717, 1.165) is 11.3 Å². The molecule has 2 nitrogen and oxygen atoms in total. The number of phenols is 1. The van der Waals surface area contributed by atoms with Gasteiger partial charge in [0.2, 0.25) is 0 Å². The summed E-state index contributed by atoms with van der Waals surface area (Å²) in [6.45, 7) is 4.63. The Bertz CT molecular complexity index is 526. The Balaban J connectivity index is 2.16. The highest BCUT2D eigenvalue weighted by Crippen LogP contribution is 2.26. The van der Waals surface area contributed by atoms with Crippen LogP contribution in [0.15, 0.2) is 36.4 Å². The molecule has 0 aliphatic rings. The van der Waals surface area contributed by atoms with Crippen LogP contribution in [0.4, 0.5) is 5.69 Å². The predicted molar refractivity (Wildman–Crippen MR) is 76.4 cm³/mol. The van der Waals surface area contributed by atoms with Crippen molar-refractivity contribution in [2.75, 3.05) is 5.32 Å². The minimum atomic E-state index is 0.222. The van der Waals surface area contributed by atoms with Gasteiger partial charge in [-0.05, 0) is 49.2 Å². The van der Waals surface area contributed by atoms with Gasteiger partial charge in [-0.2, -0.15) is 0 Å². The first-order valence-electron chi connectivity index (χ1n) is 5.85. The van der Waals surface area contributed by atoms with Gasteiger partial charge in [0.15, 0.2) is 0 Å². The lowest BCUT2D eigenvalue weighted by Crippen LogP contribution is -2.01. The topological polar surface area (TPSA) is 32.3 Å². The molecule has 0 spiro atoms. The first-order chi connectivity index (χ1) is 8.56. The monoisotopic (exact) mass is 261 g/mol. The molecule has 0 amide bonds. The summed E-state index contributed by atoms with van der Waals surface area (Å²) in [5.74, 6) is 0.222.